The summed E-state index contributed by atoms with van der Waals surface area (Å²) in [5, 5.41) is 13.8. The number of piperazine rings is 1. The Kier molecular flexibility index (Phi) is 9.48. The smallest absolute Gasteiger partial charge is 0.504 e. The van der Waals surface area contributed by atoms with Crippen molar-refractivity contribution in [1.29, 1.82) is 0 Å². The van der Waals surface area contributed by atoms with E-state index in [4.69, 9.17) is 0 Å². The van der Waals surface area contributed by atoms with Gasteiger partial charge in [-0.25, -0.2) is 0 Å². The lowest BCUT2D eigenvalue weighted by molar-refractivity contribution is -0.275. The zero-order chi connectivity index (χ0) is 17.9. The van der Waals surface area contributed by atoms with Crippen molar-refractivity contribution in [3.63, 3.8) is 0 Å². The lowest BCUT2D eigenvalue weighted by atomic mass is 9.80. The van der Waals surface area contributed by atoms with Crippen molar-refractivity contribution in [3.8, 4) is 11.5 Å². The minimum absolute atomic E-state index is 0. The number of nitrogens with zero attached hydrogens (tertiary/aromatic N) is 1. The molecule has 0 amide bonds. The topological polar surface area (TPSA) is 44.7 Å². The van der Waals surface area contributed by atoms with Crippen LogP contribution in [0.3, 0.4) is 0 Å². The van der Waals surface area contributed by atoms with Gasteiger partial charge in [-0.1, -0.05) is 31.4 Å². The summed E-state index contributed by atoms with van der Waals surface area (Å²) >= 11 is 0. The van der Waals surface area contributed by atoms with Gasteiger partial charge in [-0.15, -0.1) is 38.0 Å². The first kappa shape index (κ1) is 24.1. The highest BCUT2D eigenvalue weighted by atomic mass is 35.5. The highest BCUT2D eigenvalue weighted by Crippen LogP contribution is 2.45. The van der Waals surface area contributed by atoms with Crippen LogP contribution >= 0.6 is 24.8 Å². The van der Waals surface area contributed by atoms with Crippen LogP contribution in [0.2, 0.25) is 0 Å². The maximum atomic E-state index is 12.6. The molecule has 1 aromatic rings. The average molecular weight is 431 g/mol. The van der Waals surface area contributed by atoms with E-state index in [0.29, 0.717) is 11.5 Å². The summed E-state index contributed by atoms with van der Waals surface area (Å²) in [6.45, 7) is 3.35. The predicted octanol–water partition coefficient (Wildman–Crippen LogP) is 4.66. The molecular formula is C18H27Cl2F3N2O2. The van der Waals surface area contributed by atoms with E-state index in [2.05, 4.69) is 15.0 Å². The number of alkyl halides is 3. The van der Waals surface area contributed by atoms with Crippen molar-refractivity contribution < 1.29 is 23.0 Å². The largest absolute Gasteiger partial charge is 0.573 e. The molecule has 156 valence electrons. The van der Waals surface area contributed by atoms with Gasteiger partial charge < -0.3 is 15.2 Å². The van der Waals surface area contributed by atoms with E-state index in [9.17, 15) is 18.3 Å². The molecule has 27 heavy (non-hydrogen) atoms. The molecule has 1 saturated heterocycles. The van der Waals surface area contributed by atoms with Crippen molar-refractivity contribution in [2.45, 2.75) is 44.5 Å². The normalized spacial score (nSPS) is 20.3. The fourth-order valence-corrected chi connectivity index (χ4v) is 4.14. The molecule has 1 atom stereocenters. The van der Waals surface area contributed by atoms with Gasteiger partial charge in [0, 0.05) is 37.8 Å². The number of hydrogen-bond acceptors (Lipinski definition) is 4. The van der Waals surface area contributed by atoms with E-state index < -0.39 is 12.1 Å². The molecule has 2 fully saturated rings. The number of nitrogens with one attached hydrogen (secondary N) is 1. The minimum atomic E-state index is -4.81. The summed E-state index contributed by atoms with van der Waals surface area (Å²) in [6.07, 6.45) is 0.732. The summed E-state index contributed by atoms with van der Waals surface area (Å²) in [6, 6.07) is 4.37. The quantitative estimate of drug-likeness (QED) is 0.728. The molecular weight excluding hydrogens is 404 g/mol. The Morgan fingerprint density at radius 3 is 2.30 bits per heavy atom. The molecule has 1 aromatic carbocycles. The fourth-order valence-electron chi connectivity index (χ4n) is 4.14. The molecule has 0 spiro atoms. The first-order valence-electron chi connectivity index (χ1n) is 8.98. The molecule has 0 radical (unpaired) electrons. The van der Waals surface area contributed by atoms with Crippen LogP contribution in [-0.2, 0) is 0 Å². The molecule has 1 heterocycles. The molecule has 3 rings (SSSR count). The van der Waals surface area contributed by atoms with Gasteiger partial charge in [-0.3, -0.25) is 4.90 Å². The maximum absolute atomic E-state index is 12.6. The van der Waals surface area contributed by atoms with Gasteiger partial charge in [0.05, 0.1) is 0 Å². The van der Waals surface area contributed by atoms with Crippen molar-refractivity contribution in [3.05, 3.63) is 23.8 Å². The van der Waals surface area contributed by atoms with Crippen LogP contribution in [0, 0.1) is 5.92 Å². The van der Waals surface area contributed by atoms with Gasteiger partial charge in [-0.2, -0.15) is 0 Å². The van der Waals surface area contributed by atoms with Crippen molar-refractivity contribution >= 4 is 24.8 Å². The van der Waals surface area contributed by atoms with Crippen LogP contribution < -0.4 is 10.1 Å². The second-order valence-electron chi connectivity index (χ2n) is 6.87. The van der Waals surface area contributed by atoms with E-state index in [-0.39, 0.29) is 36.6 Å². The predicted molar refractivity (Wildman–Crippen MR) is 103 cm³/mol. The number of rotatable bonds is 4. The number of aromatic hydroxyl groups is 1. The van der Waals surface area contributed by atoms with E-state index in [1.165, 1.54) is 18.6 Å². The van der Waals surface area contributed by atoms with Crippen LogP contribution in [0.15, 0.2) is 18.2 Å². The summed E-state index contributed by atoms with van der Waals surface area (Å²) in [5.74, 6) is -0.547. The molecule has 0 unspecified atom stereocenters. The van der Waals surface area contributed by atoms with Gasteiger partial charge in [0.2, 0.25) is 0 Å². The van der Waals surface area contributed by atoms with E-state index in [1.54, 1.807) is 6.07 Å². The average Bonchev–Trinajstić information content (AvgIpc) is 2.59. The SMILES string of the molecule is Cl.Cl.Oc1c(OC(F)(F)F)cccc1[C@@H](C1CCCCC1)N1CCNCC1. The van der Waals surface area contributed by atoms with E-state index in [0.717, 1.165) is 51.9 Å². The van der Waals surface area contributed by atoms with Gasteiger partial charge in [0.15, 0.2) is 11.5 Å². The Morgan fingerprint density at radius 2 is 1.70 bits per heavy atom. The molecule has 2 N–H and O–H groups in total. The zero-order valence-electron chi connectivity index (χ0n) is 15.0. The van der Waals surface area contributed by atoms with Crippen LogP contribution in [0.5, 0.6) is 11.5 Å². The first-order valence-corrected chi connectivity index (χ1v) is 8.98. The van der Waals surface area contributed by atoms with Gasteiger partial charge in [0.25, 0.3) is 0 Å². The van der Waals surface area contributed by atoms with Crippen LogP contribution in [0.1, 0.15) is 43.7 Å². The first-order chi connectivity index (χ1) is 12.0. The molecule has 1 saturated carbocycles. The van der Waals surface area contributed by atoms with Crippen molar-refractivity contribution in [2.75, 3.05) is 26.2 Å². The third kappa shape index (κ3) is 6.31. The molecule has 9 heteroatoms. The van der Waals surface area contributed by atoms with Gasteiger partial charge in [0.1, 0.15) is 0 Å². The second kappa shape index (κ2) is 10.6. The summed E-state index contributed by atoms with van der Waals surface area (Å²) in [5.41, 5.74) is 0.551. The Hall–Kier alpha value is -0.890. The highest BCUT2D eigenvalue weighted by molar-refractivity contribution is 5.85. The Balaban J connectivity index is 0.00000182. The highest BCUT2D eigenvalue weighted by Gasteiger charge is 2.36. The lowest BCUT2D eigenvalue weighted by Crippen LogP contribution is -2.47. The van der Waals surface area contributed by atoms with Crippen LogP contribution in [0.4, 0.5) is 13.2 Å². The van der Waals surface area contributed by atoms with E-state index in [1.807, 2.05) is 0 Å². The number of phenolic OH excluding ortho intramolecular Hbond substituents is 1. The third-order valence-corrected chi connectivity index (χ3v) is 5.22. The standard InChI is InChI=1S/C18H25F3N2O2.2ClH/c19-18(20,21)25-15-8-4-7-14(17(15)24)16(13-5-2-1-3-6-13)23-11-9-22-10-12-23;;/h4,7-8,13,16,22,24H,1-3,5-6,9-12H2;2*1H/t16-;;/m1../s1. The Morgan fingerprint density at radius 1 is 1.07 bits per heavy atom. The van der Waals surface area contributed by atoms with Gasteiger partial charge in [-0.05, 0) is 24.8 Å². The molecule has 2 aliphatic rings. The van der Waals surface area contributed by atoms with Gasteiger partial charge >= 0.3 is 6.36 Å². The third-order valence-electron chi connectivity index (χ3n) is 5.22. The number of halogens is 5. The molecule has 4 nitrogen and oxygen atoms in total. The fraction of sp³-hybridized carbons (Fsp3) is 0.667. The van der Waals surface area contributed by atoms with Crippen molar-refractivity contribution in [2.24, 2.45) is 5.92 Å². The second-order valence-corrected chi connectivity index (χ2v) is 6.87. The zero-order valence-corrected chi connectivity index (χ0v) is 16.6. The number of hydrogen-bond donors (Lipinski definition) is 2. The Labute approximate surface area is 170 Å². The van der Waals surface area contributed by atoms with Crippen molar-refractivity contribution in [1.82, 2.24) is 10.2 Å². The number of phenols is 1. The number of ether oxygens (including phenoxy) is 1. The summed E-state index contributed by atoms with van der Waals surface area (Å²) in [7, 11) is 0. The summed E-state index contributed by atoms with van der Waals surface area (Å²) < 4.78 is 41.9. The van der Waals surface area contributed by atoms with Crippen LogP contribution in [-0.4, -0.2) is 42.5 Å². The number of para-hydroxylation sites is 1. The monoisotopic (exact) mass is 430 g/mol. The molecule has 0 aromatic heterocycles. The Bertz CT molecular complexity index is 560. The minimum Gasteiger partial charge on any atom is -0.504 e. The molecule has 1 aliphatic carbocycles. The van der Waals surface area contributed by atoms with Crippen LogP contribution in [0.25, 0.3) is 0 Å². The molecule has 1 aliphatic heterocycles. The summed E-state index contributed by atoms with van der Waals surface area (Å²) in [4.78, 5) is 2.29. The molecule has 0 bridgehead atoms. The number of benzene rings is 1. The lowest BCUT2D eigenvalue weighted by Gasteiger charge is -2.41. The maximum Gasteiger partial charge on any atom is 0.573 e. The van der Waals surface area contributed by atoms with E-state index >= 15 is 0 Å².